The summed E-state index contributed by atoms with van der Waals surface area (Å²) in [7, 11) is 0. The zero-order valence-electron chi connectivity index (χ0n) is 8.59. The van der Waals surface area contributed by atoms with Crippen LogP contribution in [0.3, 0.4) is 0 Å². The molecule has 1 aromatic rings. The summed E-state index contributed by atoms with van der Waals surface area (Å²) in [6, 6.07) is 4.56. The van der Waals surface area contributed by atoms with Crippen molar-refractivity contribution in [3.8, 4) is 0 Å². The van der Waals surface area contributed by atoms with E-state index in [2.05, 4.69) is 0 Å². The molecule has 0 radical (unpaired) electrons. The second-order valence-electron chi connectivity index (χ2n) is 3.61. The Bertz CT molecular complexity index is 407. The van der Waals surface area contributed by atoms with Gasteiger partial charge in [0, 0.05) is 23.6 Å². The van der Waals surface area contributed by atoms with Crippen molar-refractivity contribution < 1.29 is 9.66 Å². The lowest BCUT2D eigenvalue weighted by molar-refractivity contribution is -0.384. The maximum Gasteiger partial charge on any atom is 0.269 e. The number of nitro benzene ring substituents is 1. The van der Waals surface area contributed by atoms with Gasteiger partial charge in [-0.25, -0.2) is 0 Å². The Morgan fingerprint density at radius 3 is 2.88 bits per heavy atom. The molecule has 2 N–H and O–H groups in total. The number of nitrogen functional groups attached to an aromatic ring is 1. The smallest absolute Gasteiger partial charge is 0.269 e. The highest BCUT2D eigenvalue weighted by Crippen LogP contribution is 2.28. The van der Waals surface area contributed by atoms with Gasteiger partial charge in [0.25, 0.3) is 5.69 Å². The molecule has 16 heavy (non-hydrogen) atoms. The first-order valence-electron chi connectivity index (χ1n) is 4.89. The van der Waals surface area contributed by atoms with E-state index in [9.17, 15) is 10.1 Å². The van der Waals surface area contributed by atoms with Crippen molar-refractivity contribution in [2.24, 2.45) is 0 Å². The van der Waals surface area contributed by atoms with Crippen LogP contribution < -0.4 is 5.73 Å². The van der Waals surface area contributed by atoms with Crippen LogP contribution in [0.4, 0.5) is 11.4 Å². The molecular formula is C10H12N2O3S. The fourth-order valence-electron chi connectivity index (χ4n) is 1.35. The van der Waals surface area contributed by atoms with Crippen LogP contribution >= 0.6 is 11.8 Å². The molecule has 1 aromatic carbocycles. The lowest BCUT2D eigenvalue weighted by Gasteiger charge is -2.25. The third-order valence-corrected chi connectivity index (χ3v) is 3.64. The molecule has 0 amide bonds. The number of hydrogen-bond acceptors (Lipinski definition) is 5. The van der Waals surface area contributed by atoms with Crippen LogP contribution in [0.5, 0.6) is 0 Å². The van der Waals surface area contributed by atoms with E-state index < -0.39 is 4.92 Å². The number of hydrogen-bond donors (Lipinski definition) is 1. The fraction of sp³-hybridized carbons (Fsp3) is 0.400. The molecule has 0 aromatic heterocycles. The number of nitrogens with zero attached hydrogens (tertiary/aromatic N) is 1. The second kappa shape index (κ2) is 4.71. The van der Waals surface area contributed by atoms with Crippen LogP contribution in [0.25, 0.3) is 0 Å². The summed E-state index contributed by atoms with van der Waals surface area (Å²) in [6.45, 7) is 1.53. The SMILES string of the molecule is Nc1ccc([N+](=O)[O-])cc1CSC1COC1. The van der Waals surface area contributed by atoms with E-state index in [1.165, 1.54) is 6.07 Å². The van der Waals surface area contributed by atoms with E-state index >= 15 is 0 Å². The van der Waals surface area contributed by atoms with E-state index in [4.69, 9.17) is 10.5 Å². The number of thioether (sulfide) groups is 1. The summed E-state index contributed by atoms with van der Waals surface area (Å²) in [4.78, 5) is 10.2. The Kier molecular flexibility index (Phi) is 3.31. The monoisotopic (exact) mass is 240 g/mol. The first kappa shape index (κ1) is 11.2. The van der Waals surface area contributed by atoms with Crippen LogP contribution in [0.1, 0.15) is 5.56 Å². The quantitative estimate of drug-likeness (QED) is 0.493. The number of nitrogens with two attached hydrogens (primary N) is 1. The number of benzene rings is 1. The average molecular weight is 240 g/mol. The summed E-state index contributed by atoms with van der Waals surface area (Å²) in [5.74, 6) is 0.696. The van der Waals surface area contributed by atoms with Gasteiger partial charge in [0.05, 0.1) is 23.4 Å². The summed E-state index contributed by atoms with van der Waals surface area (Å²) in [5, 5.41) is 11.1. The summed E-state index contributed by atoms with van der Waals surface area (Å²) in [5.41, 5.74) is 7.30. The third-order valence-electron chi connectivity index (χ3n) is 2.42. The van der Waals surface area contributed by atoms with Crippen molar-refractivity contribution >= 4 is 23.1 Å². The van der Waals surface area contributed by atoms with E-state index in [0.717, 1.165) is 18.8 Å². The first-order valence-corrected chi connectivity index (χ1v) is 5.94. The lowest BCUT2D eigenvalue weighted by atomic mass is 10.2. The maximum absolute atomic E-state index is 10.6. The summed E-state index contributed by atoms with van der Waals surface area (Å²) >= 11 is 1.72. The zero-order valence-corrected chi connectivity index (χ0v) is 9.40. The molecule has 0 bridgehead atoms. The lowest BCUT2D eigenvalue weighted by Crippen LogP contribution is -2.30. The van der Waals surface area contributed by atoms with Crippen molar-refractivity contribution in [3.63, 3.8) is 0 Å². The van der Waals surface area contributed by atoms with Gasteiger partial charge >= 0.3 is 0 Å². The minimum Gasteiger partial charge on any atom is -0.398 e. The van der Waals surface area contributed by atoms with Crippen molar-refractivity contribution in [1.29, 1.82) is 0 Å². The molecule has 86 valence electrons. The van der Waals surface area contributed by atoms with Crippen LogP contribution in [0, 0.1) is 10.1 Å². The Hall–Kier alpha value is -1.27. The number of non-ortho nitro benzene ring substituents is 1. The Morgan fingerprint density at radius 2 is 2.31 bits per heavy atom. The molecule has 1 heterocycles. The van der Waals surface area contributed by atoms with Gasteiger partial charge in [-0.1, -0.05) is 0 Å². The summed E-state index contributed by atoms with van der Waals surface area (Å²) in [6.07, 6.45) is 0. The first-order chi connectivity index (χ1) is 7.66. The molecule has 1 saturated heterocycles. The van der Waals surface area contributed by atoms with Crippen LogP contribution in [-0.2, 0) is 10.5 Å². The van der Waals surface area contributed by atoms with Crippen LogP contribution in [-0.4, -0.2) is 23.4 Å². The maximum atomic E-state index is 10.6. The number of ether oxygens (including phenoxy) is 1. The number of rotatable bonds is 4. The van der Waals surface area contributed by atoms with Gasteiger partial charge in [-0.15, -0.1) is 11.8 Å². The molecule has 1 fully saturated rings. The minimum atomic E-state index is -0.403. The molecule has 0 atom stereocenters. The van der Waals surface area contributed by atoms with Gasteiger partial charge in [-0.05, 0) is 11.6 Å². The van der Waals surface area contributed by atoms with Gasteiger partial charge in [0.2, 0.25) is 0 Å². The zero-order chi connectivity index (χ0) is 11.5. The average Bonchev–Trinajstić information content (AvgIpc) is 2.18. The molecule has 6 heteroatoms. The Morgan fingerprint density at radius 1 is 1.56 bits per heavy atom. The van der Waals surface area contributed by atoms with Gasteiger partial charge < -0.3 is 10.5 Å². The highest BCUT2D eigenvalue weighted by Gasteiger charge is 2.19. The minimum absolute atomic E-state index is 0.0923. The van der Waals surface area contributed by atoms with E-state index in [1.807, 2.05) is 0 Å². The van der Waals surface area contributed by atoms with Gasteiger partial charge in [0.1, 0.15) is 0 Å². The normalized spacial score (nSPS) is 15.8. The Balaban J connectivity index is 2.05. The molecule has 0 spiro atoms. The molecule has 2 rings (SSSR count). The van der Waals surface area contributed by atoms with Crippen molar-refractivity contribution in [2.45, 2.75) is 11.0 Å². The Labute approximate surface area is 97.1 Å². The van der Waals surface area contributed by atoms with Gasteiger partial charge in [0.15, 0.2) is 0 Å². The fourth-order valence-corrected chi connectivity index (χ4v) is 2.40. The number of nitro groups is 1. The highest BCUT2D eigenvalue weighted by atomic mass is 32.2. The van der Waals surface area contributed by atoms with Crippen LogP contribution in [0.15, 0.2) is 18.2 Å². The molecule has 0 aliphatic carbocycles. The largest absolute Gasteiger partial charge is 0.398 e. The third kappa shape index (κ3) is 2.45. The van der Waals surface area contributed by atoms with E-state index in [0.29, 0.717) is 16.7 Å². The molecule has 0 unspecified atom stereocenters. The molecule has 0 saturated carbocycles. The molecule has 5 nitrogen and oxygen atoms in total. The predicted molar refractivity (Wildman–Crippen MR) is 63.4 cm³/mol. The molecule has 1 aliphatic heterocycles. The van der Waals surface area contributed by atoms with Gasteiger partial charge in [-0.2, -0.15) is 0 Å². The van der Waals surface area contributed by atoms with Crippen molar-refractivity contribution in [1.82, 2.24) is 0 Å². The van der Waals surface area contributed by atoms with E-state index in [-0.39, 0.29) is 5.69 Å². The van der Waals surface area contributed by atoms with Crippen LogP contribution in [0.2, 0.25) is 0 Å². The molecule has 1 aliphatic rings. The van der Waals surface area contributed by atoms with E-state index in [1.54, 1.807) is 23.9 Å². The highest BCUT2D eigenvalue weighted by molar-refractivity contribution is 7.99. The second-order valence-corrected chi connectivity index (χ2v) is 4.90. The van der Waals surface area contributed by atoms with Crippen molar-refractivity contribution in [3.05, 3.63) is 33.9 Å². The predicted octanol–water partition coefficient (Wildman–Crippen LogP) is 1.81. The van der Waals surface area contributed by atoms with Gasteiger partial charge in [-0.3, -0.25) is 10.1 Å². The van der Waals surface area contributed by atoms with Crippen molar-refractivity contribution in [2.75, 3.05) is 18.9 Å². The summed E-state index contributed by atoms with van der Waals surface area (Å²) < 4.78 is 5.06. The molecular weight excluding hydrogens is 228 g/mol. The number of anilines is 1. The standard InChI is InChI=1S/C10H12N2O3S/c11-10-2-1-8(12(13)14)3-7(10)6-16-9-4-15-5-9/h1-3,9H,4-6,11H2. The topological polar surface area (TPSA) is 78.4 Å².